The van der Waals surface area contributed by atoms with Crippen LogP contribution >= 0.6 is 0 Å². The van der Waals surface area contributed by atoms with Gasteiger partial charge in [-0.3, -0.25) is 0 Å². The van der Waals surface area contributed by atoms with E-state index in [-0.39, 0.29) is 12.6 Å². The van der Waals surface area contributed by atoms with Crippen molar-refractivity contribution < 1.29 is 14.3 Å². The quantitative estimate of drug-likeness (QED) is 0.298. The molecule has 0 aromatic rings. The normalized spacial score (nSPS) is 11.9. The van der Waals surface area contributed by atoms with Gasteiger partial charge in [-0.25, -0.2) is 9.59 Å². The van der Waals surface area contributed by atoms with Crippen LogP contribution in [0.15, 0.2) is 16.6 Å². The number of isocyanates is 1. The molecule has 0 bridgehead atoms. The Morgan fingerprint density at radius 2 is 2.14 bits per heavy atom. The Morgan fingerprint density at radius 1 is 1.57 bits per heavy atom. The van der Waals surface area contributed by atoms with Crippen molar-refractivity contribution in [2.75, 3.05) is 6.61 Å². The lowest BCUT2D eigenvalue weighted by Gasteiger charge is -2.16. The Morgan fingerprint density at radius 3 is 2.57 bits per heavy atom. The van der Waals surface area contributed by atoms with Crippen LogP contribution in [0.4, 0.5) is 0 Å². The van der Waals surface area contributed by atoms with Gasteiger partial charge in [0.15, 0.2) is 0 Å². The van der Waals surface area contributed by atoms with Crippen LogP contribution < -0.4 is 0 Å². The average Bonchev–Trinajstić information content (AvgIpc) is 2.13. The number of nitrogens with zero attached hydrogens (tertiary/aromatic N) is 1. The van der Waals surface area contributed by atoms with E-state index in [1.807, 2.05) is 0 Å². The molecule has 0 aliphatic heterocycles. The summed E-state index contributed by atoms with van der Waals surface area (Å²) in [6, 6.07) is 0. The van der Waals surface area contributed by atoms with Crippen LogP contribution in [0.3, 0.4) is 0 Å². The molecule has 14 heavy (non-hydrogen) atoms. The summed E-state index contributed by atoms with van der Waals surface area (Å²) in [7, 11) is 0. The highest BCUT2D eigenvalue weighted by molar-refractivity contribution is 5.87. The second-order valence-corrected chi connectivity index (χ2v) is 3.56. The zero-order valence-electron chi connectivity index (χ0n) is 8.96. The SMILES string of the molecule is CC=C(C)C(=O)OCC(C)(C)N=C=O. The fourth-order valence-corrected chi connectivity index (χ4v) is 0.630. The maximum Gasteiger partial charge on any atom is 0.333 e. The number of hydrogen-bond acceptors (Lipinski definition) is 4. The van der Waals surface area contributed by atoms with Crippen molar-refractivity contribution in [1.29, 1.82) is 0 Å². The van der Waals surface area contributed by atoms with Crippen LogP contribution in [0.5, 0.6) is 0 Å². The summed E-state index contributed by atoms with van der Waals surface area (Å²) in [6.07, 6.45) is 3.11. The standard InChI is InChI=1S/C10H15NO3/c1-5-8(2)9(13)14-6-10(3,4)11-7-12/h5H,6H2,1-4H3. The van der Waals surface area contributed by atoms with Crippen LogP contribution in [0.2, 0.25) is 0 Å². The average molecular weight is 197 g/mol. The topological polar surface area (TPSA) is 55.7 Å². The van der Waals surface area contributed by atoms with Crippen molar-refractivity contribution >= 4 is 12.0 Å². The molecule has 0 heterocycles. The fraction of sp³-hybridized carbons (Fsp3) is 0.600. The lowest BCUT2D eigenvalue weighted by Crippen LogP contribution is -2.26. The van der Waals surface area contributed by atoms with E-state index in [1.54, 1.807) is 33.8 Å². The summed E-state index contributed by atoms with van der Waals surface area (Å²) in [5, 5.41) is 0. The molecule has 0 fully saturated rings. The van der Waals surface area contributed by atoms with E-state index in [4.69, 9.17) is 4.74 Å². The monoisotopic (exact) mass is 197 g/mol. The van der Waals surface area contributed by atoms with Gasteiger partial charge in [0.1, 0.15) is 12.1 Å². The van der Waals surface area contributed by atoms with Gasteiger partial charge in [-0.2, -0.15) is 4.99 Å². The van der Waals surface area contributed by atoms with Gasteiger partial charge in [-0.15, -0.1) is 0 Å². The molecule has 0 aliphatic carbocycles. The molecule has 4 nitrogen and oxygen atoms in total. The number of rotatable bonds is 4. The smallest absolute Gasteiger partial charge is 0.333 e. The summed E-state index contributed by atoms with van der Waals surface area (Å²) in [5.74, 6) is -0.387. The Balaban J connectivity index is 4.19. The van der Waals surface area contributed by atoms with Crippen LogP contribution in [0.25, 0.3) is 0 Å². The first kappa shape index (κ1) is 12.6. The third kappa shape index (κ3) is 4.58. The van der Waals surface area contributed by atoms with E-state index < -0.39 is 5.54 Å². The number of carbonyl (C=O) groups is 1. The number of aliphatic imine (C=N–C) groups is 1. The summed E-state index contributed by atoms with van der Waals surface area (Å²) in [5.41, 5.74) is -0.165. The maximum atomic E-state index is 11.2. The number of esters is 1. The van der Waals surface area contributed by atoms with Gasteiger partial charge in [-0.05, 0) is 27.7 Å². The van der Waals surface area contributed by atoms with Crippen LogP contribution in [-0.4, -0.2) is 24.2 Å². The lowest BCUT2D eigenvalue weighted by atomic mass is 10.1. The first-order chi connectivity index (χ1) is 6.43. The maximum absolute atomic E-state index is 11.2. The largest absolute Gasteiger partial charge is 0.460 e. The van der Waals surface area contributed by atoms with Gasteiger partial charge in [0.05, 0.1) is 0 Å². The van der Waals surface area contributed by atoms with E-state index in [9.17, 15) is 9.59 Å². The van der Waals surface area contributed by atoms with Crippen LogP contribution in [0, 0.1) is 0 Å². The molecule has 0 saturated carbocycles. The van der Waals surface area contributed by atoms with E-state index in [0.29, 0.717) is 5.57 Å². The molecule has 0 rings (SSSR count). The van der Waals surface area contributed by atoms with Crippen LogP contribution in [0.1, 0.15) is 27.7 Å². The number of allylic oxidation sites excluding steroid dienone is 1. The minimum atomic E-state index is -0.703. The van der Waals surface area contributed by atoms with E-state index in [1.165, 1.54) is 6.08 Å². The minimum Gasteiger partial charge on any atom is -0.460 e. The highest BCUT2D eigenvalue weighted by atomic mass is 16.5. The lowest BCUT2D eigenvalue weighted by molar-refractivity contribution is -0.140. The van der Waals surface area contributed by atoms with E-state index in [2.05, 4.69) is 4.99 Å². The van der Waals surface area contributed by atoms with Crippen molar-refractivity contribution in [3.63, 3.8) is 0 Å². The Hall–Kier alpha value is -1.41. The van der Waals surface area contributed by atoms with E-state index >= 15 is 0 Å². The summed E-state index contributed by atoms with van der Waals surface area (Å²) in [6.45, 7) is 6.88. The number of hydrogen-bond donors (Lipinski definition) is 0. The van der Waals surface area contributed by atoms with Gasteiger partial charge in [0.2, 0.25) is 6.08 Å². The predicted octanol–water partition coefficient (Wildman–Crippen LogP) is 1.61. The van der Waals surface area contributed by atoms with Gasteiger partial charge < -0.3 is 4.74 Å². The van der Waals surface area contributed by atoms with Crippen molar-refractivity contribution in [2.45, 2.75) is 33.2 Å². The van der Waals surface area contributed by atoms with Gasteiger partial charge in [0.25, 0.3) is 0 Å². The van der Waals surface area contributed by atoms with Crippen LogP contribution in [-0.2, 0) is 14.3 Å². The Labute approximate surface area is 83.7 Å². The molecule has 0 atom stereocenters. The van der Waals surface area contributed by atoms with Gasteiger partial charge >= 0.3 is 5.97 Å². The number of ether oxygens (including phenoxy) is 1. The molecule has 0 aromatic heterocycles. The molecule has 0 spiro atoms. The summed E-state index contributed by atoms with van der Waals surface area (Å²) >= 11 is 0. The summed E-state index contributed by atoms with van der Waals surface area (Å²) < 4.78 is 4.93. The second kappa shape index (κ2) is 5.35. The van der Waals surface area contributed by atoms with Crippen molar-refractivity contribution in [1.82, 2.24) is 0 Å². The zero-order chi connectivity index (χ0) is 11.2. The van der Waals surface area contributed by atoms with Crippen molar-refractivity contribution in [3.05, 3.63) is 11.6 Å². The number of carbonyl (C=O) groups excluding carboxylic acids is 2. The summed E-state index contributed by atoms with van der Waals surface area (Å²) in [4.78, 5) is 24.7. The first-order valence-corrected chi connectivity index (χ1v) is 4.32. The molecule has 0 aromatic carbocycles. The third-order valence-corrected chi connectivity index (χ3v) is 1.66. The molecule has 4 heteroatoms. The molecular formula is C10H15NO3. The zero-order valence-corrected chi connectivity index (χ0v) is 8.96. The second-order valence-electron chi connectivity index (χ2n) is 3.56. The molecule has 0 radical (unpaired) electrons. The molecule has 0 unspecified atom stereocenters. The Bertz CT molecular complexity index is 286. The minimum absolute atomic E-state index is 0.0756. The van der Waals surface area contributed by atoms with Crippen molar-refractivity contribution in [3.8, 4) is 0 Å². The van der Waals surface area contributed by atoms with Gasteiger partial charge in [-0.1, -0.05) is 6.08 Å². The highest BCUT2D eigenvalue weighted by Gasteiger charge is 2.19. The van der Waals surface area contributed by atoms with Crippen molar-refractivity contribution in [2.24, 2.45) is 4.99 Å². The van der Waals surface area contributed by atoms with Gasteiger partial charge in [0, 0.05) is 5.57 Å². The molecule has 78 valence electrons. The fourth-order valence-electron chi connectivity index (χ4n) is 0.630. The molecule has 0 amide bonds. The van der Waals surface area contributed by atoms with E-state index in [0.717, 1.165) is 0 Å². The predicted molar refractivity (Wildman–Crippen MR) is 52.6 cm³/mol. The molecular weight excluding hydrogens is 182 g/mol. The first-order valence-electron chi connectivity index (χ1n) is 4.32. The molecule has 0 aliphatic rings. The molecule has 0 saturated heterocycles. The third-order valence-electron chi connectivity index (χ3n) is 1.66. The Kier molecular flexibility index (Phi) is 4.81. The highest BCUT2D eigenvalue weighted by Crippen LogP contribution is 2.09. The molecule has 0 N–H and O–H groups in total.